The van der Waals surface area contributed by atoms with Gasteiger partial charge in [0.25, 0.3) is 0 Å². The number of halogens is 1. The van der Waals surface area contributed by atoms with Crippen LogP contribution >= 0.6 is 0 Å². The molecule has 0 saturated heterocycles. The molecule has 0 amide bonds. The predicted octanol–water partition coefficient (Wildman–Crippen LogP) is 9.49. The van der Waals surface area contributed by atoms with Gasteiger partial charge in [-0.05, 0) is 84.6 Å². The second kappa shape index (κ2) is 10.9. The van der Waals surface area contributed by atoms with Crippen LogP contribution in [0.1, 0.15) is 114 Å². The molecule has 1 nitrogen and oxygen atoms in total. The second-order valence-corrected chi connectivity index (χ2v) is 10.9. The quantitative estimate of drug-likeness (QED) is 0.316. The van der Waals surface area contributed by atoms with Gasteiger partial charge >= 0.3 is 0 Å². The Kier molecular flexibility index (Phi) is 7.90. The minimum atomic E-state index is -0.418. The summed E-state index contributed by atoms with van der Waals surface area (Å²) in [5.41, 5.74) is 4.39. The molecule has 0 radical (unpaired) electrons. The van der Waals surface area contributed by atoms with Crippen LogP contribution in [0.2, 0.25) is 0 Å². The lowest BCUT2D eigenvalue weighted by molar-refractivity contribution is 0.0307. The van der Waals surface area contributed by atoms with E-state index in [-0.39, 0.29) is 11.0 Å². The molecule has 2 aromatic rings. The van der Waals surface area contributed by atoms with Crippen molar-refractivity contribution in [2.75, 3.05) is 0 Å². The highest BCUT2D eigenvalue weighted by atomic mass is 19.1. The lowest BCUT2D eigenvalue weighted by atomic mass is 9.50. The smallest absolute Gasteiger partial charge is 0.141 e. The summed E-state index contributed by atoms with van der Waals surface area (Å²) in [7, 11) is 0. The Hall–Kier alpha value is -2.14. The van der Waals surface area contributed by atoms with Crippen LogP contribution in [0.5, 0.6) is 0 Å². The summed E-state index contributed by atoms with van der Waals surface area (Å²) in [5, 5.41) is 9.09. The Bertz CT molecular complexity index is 945. The highest BCUT2D eigenvalue weighted by molar-refractivity contribution is 5.70. The van der Waals surface area contributed by atoms with E-state index in [1.54, 1.807) is 12.1 Å². The summed E-state index contributed by atoms with van der Waals surface area (Å²) in [6.45, 7) is 2.29. The van der Waals surface area contributed by atoms with E-state index in [9.17, 15) is 4.39 Å². The number of hydrogen-bond acceptors (Lipinski definition) is 1. The maximum absolute atomic E-state index is 14.4. The SMILES string of the molecule is CCCCCCCCCCC12CCC(c3ccccc3-c3ccc(C#N)c(F)c3)(CC1)CC2. The van der Waals surface area contributed by atoms with Gasteiger partial charge in [0.15, 0.2) is 0 Å². The first kappa shape index (κ1) is 24.0. The molecule has 0 unspecified atom stereocenters. The highest BCUT2D eigenvalue weighted by Gasteiger charge is 2.49. The molecule has 0 heterocycles. The standard InChI is InChI=1S/C31H40FN/c1-2-3-4-5-6-7-8-11-16-30-17-20-31(21-18-30,22-19-30)28-13-10-9-12-27(28)25-14-15-26(24-33)29(32)23-25/h9-10,12-15,23H,2-8,11,16-22H2,1H3. The molecule has 33 heavy (non-hydrogen) atoms. The van der Waals surface area contributed by atoms with Crippen LogP contribution in [0, 0.1) is 22.6 Å². The van der Waals surface area contributed by atoms with Gasteiger partial charge < -0.3 is 0 Å². The fourth-order valence-corrected chi connectivity index (χ4v) is 6.65. The van der Waals surface area contributed by atoms with E-state index in [1.807, 2.05) is 12.1 Å². The van der Waals surface area contributed by atoms with Crippen molar-refractivity contribution < 1.29 is 4.39 Å². The molecule has 3 aliphatic rings. The average molecular weight is 446 g/mol. The van der Waals surface area contributed by atoms with Gasteiger partial charge in [0.1, 0.15) is 11.9 Å². The van der Waals surface area contributed by atoms with E-state index in [0.29, 0.717) is 5.41 Å². The van der Waals surface area contributed by atoms with Crippen LogP contribution in [0.4, 0.5) is 4.39 Å². The number of hydrogen-bond donors (Lipinski definition) is 0. The Morgan fingerprint density at radius 1 is 0.818 bits per heavy atom. The fraction of sp³-hybridized carbons (Fsp3) is 0.581. The average Bonchev–Trinajstić information content (AvgIpc) is 2.87. The third-order valence-electron chi connectivity index (χ3n) is 8.86. The Labute approximate surface area is 200 Å². The molecule has 0 atom stereocenters. The van der Waals surface area contributed by atoms with Crippen molar-refractivity contribution in [2.45, 2.75) is 109 Å². The topological polar surface area (TPSA) is 23.8 Å². The van der Waals surface area contributed by atoms with Gasteiger partial charge in [-0.3, -0.25) is 0 Å². The van der Waals surface area contributed by atoms with Crippen LogP contribution in [0.25, 0.3) is 11.1 Å². The highest BCUT2D eigenvalue weighted by Crippen LogP contribution is 2.60. The molecule has 3 aliphatic carbocycles. The Morgan fingerprint density at radius 2 is 1.45 bits per heavy atom. The molecule has 2 aromatic carbocycles. The molecule has 0 aliphatic heterocycles. The third-order valence-corrected chi connectivity index (χ3v) is 8.86. The van der Waals surface area contributed by atoms with Crippen molar-refractivity contribution in [3.63, 3.8) is 0 Å². The molecule has 0 N–H and O–H groups in total. The molecule has 176 valence electrons. The largest absolute Gasteiger partial charge is 0.206 e. The van der Waals surface area contributed by atoms with Crippen molar-refractivity contribution in [1.82, 2.24) is 0 Å². The van der Waals surface area contributed by atoms with Crippen LogP contribution in [-0.2, 0) is 5.41 Å². The van der Waals surface area contributed by atoms with Crippen LogP contribution < -0.4 is 0 Å². The van der Waals surface area contributed by atoms with E-state index in [4.69, 9.17) is 5.26 Å². The van der Waals surface area contributed by atoms with Crippen molar-refractivity contribution in [3.8, 4) is 17.2 Å². The zero-order chi connectivity index (χ0) is 23.2. The van der Waals surface area contributed by atoms with Gasteiger partial charge in [-0.1, -0.05) is 88.6 Å². The minimum Gasteiger partial charge on any atom is -0.206 e. The van der Waals surface area contributed by atoms with E-state index in [2.05, 4.69) is 31.2 Å². The normalized spacial score (nSPS) is 24.0. The van der Waals surface area contributed by atoms with Gasteiger partial charge in [-0.2, -0.15) is 5.26 Å². The summed E-state index contributed by atoms with van der Waals surface area (Å²) in [6, 6.07) is 15.6. The monoisotopic (exact) mass is 445 g/mol. The fourth-order valence-electron chi connectivity index (χ4n) is 6.65. The van der Waals surface area contributed by atoms with Gasteiger partial charge in [0.05, 0.1) is 5.56 Å². The van der Waals surface area contributed by atoms with Gasteiger partial charge in [0.2, 0.25) is 0 Å². The van der Waals surface area contributed by atoms with Crippen LogP contribution in [-0.4, -0.2) is 0 Å². The number of benzene rings is 2. The Morgan fingerprint density at radius 3 is 2.09 bits per heavy atom. The molecular weight excluding hydrogens is 405 g/mol. The Balaban J connectivity index is 1.38. The number of unbranched alkanes of at least 4 members (excludes halogenated alkanes) is 7. The summed E-state index contributed by atoms with van der Waals surface area (Å²) < 4.78 is 14.4. The summed E-state index contributed by atoms with van der Waals surface area (Å²) in [5.74, 6) is -0.418. The van der Waals surface area contributed by atoms with Crippen molar-refractivity contribution in [2.24, 2.45) is 5.41 Å². The van der Waals surface area contributed by atoms with E-state index >= 15 is 0 Å². The number of rotatable bonds is 11. The van der Waals surface area contributed by atoms with Crippen molar-refractivity contribution in [1.29, 1.82) is 5.26 Å². The molecule has 2 bridgehead atoms. The second-order valence-electron chi connectivity index (χ2n) is 10.9. The molecule has 0 spiro atoms. The summed E-state index contributed by atoms with van der Waals surface area (Å²) in [4.78, 5) is 0. The minimum absolute atomic E-state index is 0.121. The first-order valence-electron chi connectivity index (χ1n) is 13.4. The molecule has 2 heteroatoms. The molecule has 5 rings (SSSR count). The molecule has 3 fully saturated rings. The zero-order valence-corrected chi connectivity index (χ0v) is 20.5. The van der Waals surface area contributed by atoms with E-state index < -0.39 is 5.82 Å². The van der Waals surface area contributed by atoms with Crippen LogP contribution in [0.3, 0.4) is 0 Å². The lowest BCUT2D eigenvalue weighted by Gasteiger charge is -2.54. The maximum atomic E-state index is 14.4. The maximum Gasteiger partial charge on any atom is 0.141 e. The third kappa shape index (κ3) is 5.34. The van der Waals surface area contributed by atoms with Gasteiger partial charge in [-0.15, -0.1) is 0 Å². The first-order chi connectivity index (χ1) is 16.1. The number of nitrogens with zero attached hydrogens (tertiary/aromatic N) is 1. The van der Waals surface area contributed by atoms with Crippen LogP contribution in [0.15, 0.2) is 42.5 Å². The van der Waals surface area contributed by atoms with E-state index in [0.717, 1.165) is 11.1 Å². The van der Waals surface area contributed by atoms with Gasteiger partial charge in [0, 0.05) is 0 Å². The van der Waals surface area contributed by atoms with Gasteiger partial charge in [-0.25, -0.2) is 4.39 Å². The molecule has 3 saturated carbocycles. The summed E-state index contributed by atoms with van der Waals surface area (Å²) in [6.07, 6.45) is 20.5. The van der Waals surface area contributed by atoms with E-state index in [1.165, 1.54) is 102 Å². The first-order valence-corrected chi connectivity index (χ1v) is 13.4. The van der Waals surface area contributed by atoms with Crippen molar-refractivity contribution in [3.05, 3.63) is 59.4 Å². The number of nitriles is 1. The summed E-state index contributed by atoms with van der Waals surface area (Å²) >= 11 is 0. The lowest BCUT2D eigenvalue weighted by Crippen LogP contribution is -2.44. The molecular formula is C31H40FN. The molecule has 0 aromatic heterocycles. The number of fused-ring (bicyclic) bond motifs is 3. The predicted molar refractivity (Wildman–Crippen MR) is 136 cm³/mol. The zero-order valence-electron chi connectivity index (χ0n) is 20.5. The van der Waals surface area contributed by atoms with Crippen molar-refractivity contribution >= 4 is 0 Å².